The van der Waals surface area contributed by atoms with Crippen LogP contribution in [0.3, 0.4) is 0 Å². The number of ether oxygens (including phenoxy) is 2. The van der Waals surface area contributed by atoms with Crippen molar-refractivity contribution in [3.05, 3.63) is 0 Å². The molecular formula is C36H71O10P. The van der Waals surface area contributed by atoms with Crippen molar-refractivity contribution in [2.75, 3.05) is 26.4 Å². The highest BCUT2D eigenvalue weighted by molar-refractivity contribution is 7.47. The van der Waals surface area contributed by atoms with Crippen molar-refractivity contribution in [2.24, 2.45) is 0 Å². The van der Waals surface area contributed by atoms with Gasteiger partial charge in [-0.05, 0) is 12.8 Å². The Hall–Kier alpha value is -1.03. The first-order valence-corrected chi connectivity index (χ1v) is 20.5. The molecule has 0 spiro atoms. The molecule has 0 aromatic rings. The summed E-state index contributed by atoms with van der Waals surface area (Å²) in [4.78, 5) is 34.7. The van der Waals surface area contributed by atoms with Crippen LogP contribution in [0.2, 0.25) is 0 Å². The van der Waals surface area contributed by atoms with Crippen LogP contribution in [0.25, 0.3) is 0 Å². The van der Waals surface area contributed by atoms with Gasteiger partial charge in [0, 0.05) is 12.8 Å². The zero-order chi connectivity index (χ0) is 34.9. The number of hydrogen-bond acceptors (Lipinski definition) is 9. The fourth-order valence-electron chi connectivity index (χ4n) is 5.29. The number of carbonyl (C=O) groups excluding carboxylic acids is 2. The Morgan fingerprint density at radius 1 is 0.553 bits per heavy atom. The van der Waals surface area contributed by atoms with Crippen LogP contribution in [0, 0.1) is 0 Å². The van der Waals surface area contributed by atoms with Gasteiger partial charge in [-0.15, -0.1) is 0 Å². The van der Waals surface area contributed by atoms with Crippen LogP contribution in [-0.4, -0.2) is 65.7 Å². The van der Waals surface area contributed by atoms with Crippen molar-refractivity contribution in [3.8, 4) is 0 Å². The quantitative estimate of drug-likeness (QED) is 0.0329. The van der Waals surface area contributed by atoms with E-state index in [0.29, 0.717) is 12.8 Å². The Labute approximate surface area is 286 Å². The molecule has 0 saturated heterocycles. The van der Waals surface area contributed by atoms with E-state index >= 15 is 0 Å². The molecule has 0 rings (SSSR count). The lowest BCUT2D eigenvalue weighted by Gasteiger charge is -2.20. The molecule has 0 aliphatic rings. The molecule has 1 unspecified atom stereocenters. The monoisotopic (exact) mass is 694 g/mol. The van der Waals surface area contributed by atoms with Gasteiger partial charge in [-0.1, -0.05) is 155 Å². The number of phosphoric acid groups is 1. The van der Waals surface area contributed by atoms with Crippen molar-refractivity contribution in [1.29, 1.82) is 0 Å². The van der Waals surface area contributed by atoms with E-state index < -0.39 is 51.8 Å². The molecule has 0 aromatic carbocycles. The fourth-order valence-corrected chi connectivity index (χ4v) is 6.08. The van der Waals surface area contributed by atoms with Crippen LogP contribution < -0.4 is 0 Å². The van der Waals surface area contributed by atoms with Gasteiger partial charge in [-0.2, -0.15) is 0 Å². The predicted octanol–water partition coefficient (Wildman–Crippen LogP) is 9.11. The minimum Gasteiger partial charge on any atom is -0.462 e. The van der Waals surface area contributed by atoms with E-state index in [0.717, 1.165) is 38.5 Å². The maximum atomic E-state index is 12.5. The average molecular weight is 695 g/mol. The Balaban J connectivity index is 4.31. The third kappa shape index (κ3) is 33.3. The number of hydrogen-bond donors (Lipinski definition) is 3. The zero-order valence-corrected chi connectivity index (χ0v) is 30.9. The summed E-state index contributed by atoms with van der Waals surface area (Å²) >= 11 is 0. The summed E-state index contributed by atoms with van der Waals surface area (Å²) in [5.74, 6) is -0.918. The molecule has 3 atom stereocenters. The molecule has 0 aliphatic heterocycles. The molecule has 0 amide bonds. The summed E-state index contributed by atoms with van der Waals surface area (Å²) in [6.07, 6.45) is 26.5. The van der Waals surface area contributed by atoms with Crippen molar-refractivity contribution in [3.63, 3.8) is 0 Å². The van der Waals surface area contributed by atoms with E-state index in [4.69, 9.17) is 19.1 Å². The summed E-state index contributed by atoms with van der Waals surface area (Å²) in [6.45, 7) is 2.36. The molecule has 3 N–H and O–H groups in total. The summed E-state index contributed by atoms with van der Waals surface area (Å²) < 4.78 is 32.5. The second kappa shape index (κ2) is 33.5. The van der Waals surface area contributed by atoms with E-state index in [1.165, 1.54) is 103 Å². The summed E-state index contributed by atoms with van der Waals surface area (Å²) in [5, 5.41) is 18.2. The molecular weight excluding hydrogens is 623 g/mol. The number of aliphatic hydroxyl groups is 2. The number of esters is 2. The first kappa shape index (κ1) is 46.0. The van der Waals surface area contributed by atoms with Gasteiger partial charge in [0.15, 0.2) is 6.10 Å². The number of aliphatic hydroxyl groups excluding tert-OH is 2. The van der Waals surface area contributed by atoms with Crippen molar-refractivity contribution < 1.29 is 47.8 Å². The minimum atomic E-state index is -4.60. The zero-order valence-electron chi connectivity index (χ0n) is 30.0. The Bertz CT molecular complexity index is 766. The topological polar surface area (TPSA) is 149 Å². The van der Waals surface area contributed by atoms with E-state index in [-0.39, 0.29) is 19.4 Å². The Kier molecular flexibility index (Phi) is 32.7. The summed E-state index contributed by atoms with van der Waals surface area (Å²) in [6, 6.07) is 0. The highest BCUT2D eigenvalue weighted by Gasteiger charge is 2.27. The number of carbonyl (C=O) groups is 2. The van der Waals surface area contributed by atoms with Gasteiger partial charge >= 0.3 is 19.8 Å². The molecule has 0 bridgehead atoms. The molecule has 47 heavy (non-hydrogen) atoms. The van der Waals surface area contributed by atoms with Gasteiger partial charge in [0.05, 0.1) is 19.8 Å². The van der Waals surface area contributed by atoms with Crippen LogP contribution in [0.4, 0.5) is 0 Å². The number of unbranched alkanes of at least 4 members (excludes halogenated alkanes) is 22. The summed E-state index contributed by atoms with van der Waals surface area (Å²) in [7, 11) is -4.60. The first-order chi connectivity index (χ1) is 22.7. The smallest absolute Gasteiger partial charge is 0.462 e. The lowest BCUT2D eigenvalue weighted by molar-refractivity contribution is -0.161. The molecule has 0 saturated carbocycles. The van der Waals surface area contributed by atoms with Crippen LogP contribution >= 0.6 is 7.82 Å². The molecule has 0 heterocycles. The highest BCUT2D eigenvalue weighted by Crippen LogP contribution is 2.43. The molecule has 10 nitrogen and oxygen atoms in total. The first-order valence-electron chi connectivity index (χ1n) is 19.0. The van der Waals surface area contributed by atoms with Crippen molar-refractivity contribution in [2.45, 2.75) is 193 Å². The maximum Gasteiger partial charge on any atom is 0.472 e. The maximum absolute atomic E-state index is 12.5. The summed E-state index contributed by atoms with van der Waals surface area (Å²) in [5.41, 5.74) is 0. The average Bonchev–Trinajstić information content (AvgIpc) is 3.05. The fraction of sp³-hybridized carbons (Fsp3) is 0.944. The van der Waals surface area contributed by atoms with E-state index in [1.54, 1.807) is 0 Å². The predicted molar refractivity (Wildman–Crippen MR) is 187 cm³/mol. The van der Waals surface area contributed by atoms with E-state index in [1.807, 2.05) is 0 Å². The van der Waals surface area contributed by atoms with Gasteiger partial charge in [0.1, 0.15) is 12.7 Å². The van der Waals surface area contributed by atoms with Gasteiger partial charge in [0.25, 0.3) is 0 Å². The minimum absolute atomic E-state index is 0.192. The second-order valence-electron chi connectivity index (χ2n) is 13.0. The normalized spacial score (nSPS) is 14.1. The third-order valence-electron chi connectivity index (χ3n) is 8.26. The highest BCUT2D eigenvalue weighted by atomic mass is 31.2. The van der Waals surface area contributed by atoms with Gasteiger partial charge in [-0.25, -0.2) is 4.57 Å². The van der Waals surface area contributed by atoms with Gasteiger partial charge in [0.2, 0.25) is 0 Å². The second-order valence-corrected chi connectivity index (χ2v) is 14.4. The number of rotatable bonds is 36. The Morgan fingerprint density at radius 2 is 0.915 bits per heavy atom. The third-order valence-corrected chi connectivity index (χ3v) is 9.21. The lowest BCUT2D eigenvalue weighted by atomic mass is 10.0. The molecule has 0 aromatic heterocycles. The van der Waals surface area contributed by atoms with Crippen molar-refractivity contribution in [1.82, 2.24) is 0 Å². The molecule has 11 heteroatoms. The largest absolute Gasteiger partial charge is 0.472 e. The molecule has 280 valence electrons. The molecule has 0 radical (unpaired) electrons. The van der Waals surface area contributed by atoms with E-state index in [2.05, 4.69) is 18.4 Å². The van der Waals surface area contributed by atoms with E-state index in [9.17, 15) is 24.2 Å². The number of phosphoric ester groups is 1. The molecule has 0 aliphatic carbocycles. The van der Waals surface area contributed by atoms with Crippen LogP contribution in [-0.2, 0) is 32.7 Å². The van der Waals surface area contributed by atoms with Gasteiger partial charge < -0.3 is 24.6 Å². The molecule has 0 fully saturated rings. The standard InChI is InChI=1S/C36H71O10P/c1-3-5-7-9-11-13-14-15-16-17-18-20-22-24-26-28-36(40)46-34(32-45-47(41,42)44-30-33(38)29-37)31-43-35(39)27-25-23-21-19-12-10-8-6-4-2/h33-34,37-38H,3-32H2,1-2H3,(H,41,42)/t33-,34+/m0/s1. The van der Waals surface area contributed by atoms with Crippen molar-refractivity contribution >= 4 is 19.8 Å². The van der Waals surface area contributed by atoms with Crippen LogP contribution in [0.1, 0.15) is 181 Å². The Morgan fingerprint density at radius 3 is 1.32 bits per heavy atom. The lowest BCUT2D eigenvalue weighted by Crippen LogP contribution is -2.29. The van der Waals surface area contributed by atoms with Crippen LogP contribution in [0.15, 0.2) is 0 Å². The van der Waals surface area contributed by atoms with Crippen LogP contribution in [0.5, 0.6) is 0 Å². The van der Waals surface area contributed by atoms with Gasteiger partial charge in [-0.3, -0.25) is 18.6 Å². The SMILES string of the molecule is CCCCCCCCCCCCCCCCCC(=O)O[C@H](COC(=O)CCCCCCCCCCC)COP(=O)(O)OC[C@@H](O)CO.